The first-order chi connectivity index (χ1) is 13.9. The summed E-state index contributed by atoms with van der Waals surface area (Å²) in [7, 11) is -10.0. The molecule has 0 aromatic heterocycles. The molecule has 0 unspecified atom stereocenters. The number of hydrogen-bond donors (Lipinski definition) is 2. The van der Waals surface area contributed by atoms with E-state index in [-0.39, 0.29) is 7.43 Å². The van der Waals surface area contributed by atoms with Crippen molar-refractivity contribution in [2.24, 2.45) is 11.5 Å². The third-order valence-corrected chi connectivity index (χ3v) is 24.4. The molecule has 0 radical (unpaired) electrons. The van der Waals surface area contributed by atoms with Crippen LogP contribution in [0.15, 0.2) is 0 Å². The highest BCUT2D eigenvalue weighted by atomic mass is 28.5. The Morgan fingerprint density at radius 1 is 0.455 bits per heavy atom. The van der Waals surface area contributed by atoms with Crippen molar-refractivity contribution in [2.45, 2.75) is 124 Å². The summed E-state index contributed by atoms with van der Waals surface area (Å²) >= 11 is 0. The quantitative estimate of drug-likeness (QED) is 0.220. The smallest absolute Gasteiger partial charge is 0.311 e. The molecule has 0 heterocycles. The van der Waals surface area contributed by atoms with Crippen molar-refractivity contribution in [3.05, 3.63) is 0 Å². The van der Waals surface area contributed by atoms with Gasteiger partial charge in [-0.1, -0.05) is 7.43 Å². The van der Waals surface area contributed by atoms with Gasteiger partial charge in [0.1, 0.15) is 0 Å². The molecule has 0 bridgehead atoms. The molecule has 0 aromatic carbocycles. The number of hydrogen-bond acceptors (Lipinski definition) is 6. The second kappa shape index (κ2) is 15.3. The molecular weight excluding hydrogens is 513 g/mol. The van der Waals surface area contributed by atoms with Gasteiger partial charge in [0.25, 0.3) is 0 Å². The Morgan fingerprint density at radius 3 is 0.909 bits per heavy atom. The molecule has 0 rings (SSSR count). The first kappa shape index (κ1) is 38.6. The van der Waals surface area contributed by atoms with Crippen molar-refractivity contribution in [1.29, 1.82) is 0 Å². The maximum Gasteiger partial charge on any atom is 0.311 e. The molecule has 0 aromatic rings. The molecule has 0 saturated carbocycles. The fourth-order valence-corrected chi connectivity index (χ4v) is 30.5. The summed E-state index contributed by atoms with van der Waals surface area (Å²) in [5.41, 5.74) is 11.2. The van der Waals surface area contributed by atoms with Gasteiger partial charge in [-0.2, -0.15) is 0 Å². The van der Waals surface area contributed by atoms with E-state index in [0.717, 1.165) is 38.0 Å². The Kier molecular flexibility index (Phi) is 17.9. The zero-order valence-corrected chi connectivity index (χ0v) is 30.0. The van der Waals surface area contributed by atoms with Crippen molar-refractivity contribution >= 4 is 50.4 Å². The van der Waals surface area contributed by atoms with E-state index >= 15 is 0 Å². The van der Waals surface area contributed by atoms with E-state index < -0.39 is 50.4 Å². The van der Waals surface area contributed by atoms with E-state index in [1.54, 1.807) is 0 Å². The van der Waals surface area contributed by atoms with Crippen molar-refractivity contribution in [1.82, 2.24) is 0 Å². The third-order valence-electron chi connectivity index (χ3n) is 4.11. The van der Waals surface area contributed by atoms with Gasteiger partial charge in [-0.25, -0.2) is 0 Å². The lowest BCUT2D eigenvalue weighted by Crippen LogP contribution is -2.52. The van der Waals surface area contributed by atoms with Crippen LogP contribution in [0.5, 0.6) is 0 Å². The Morgan fingerprint density at radius 2 is 0.697 bits per heavy atom. The van der Waals surface area contributed by atoms with Gasteiger partial charge >= 0.3 is 17.1 Å². The van der Waals surface area contributed by atoms with Crippen molar-refractivity contribution in [2.75, 3.05) is 13.1 Å². The Bertz CT molecular complexity index is 480. The summed E-state index contributed by atoms with van der Waals surface area (Å²) in [6.45, 7) is 32.6. The van der Waals surface area contributed by atoms with Gasteiger partial charge in [0.15, 0.2) is 33.3 Å². The molecule has 0 amide bonds. The van der Waals surface area contributed by atoms with Crippen molar-refractivity contribution in [3.8, 4) is 0 Å². The summed E-state index contributed by atoms with van der Waals surface area (Å²) in [5, 5.41) is 0. The molecule has 0 aliphatic heterocycles. The van der Waals surface area contributed by atoms with Crippen LogP contribution in [0.3, 0.4) is 0 Å². The van der Waals surface area contributed by atoms with E-state index in [1.165, 1.54) is 0 Å². The van der Waals surface area contributed by atoms with Crippen LogP contribution in [-0.4, -0.2) is 63.5 Å². The Hall–Kier alpha value is 1.06. The van der Waals surface area contributed by atoms with Gasteiger partial charge < -0.3 is 27.9 Å². The molecular formula is C21H62N2O4Si6. The Labute approximate surface area is 214 Å². The lowest BCUT2D eigenvalue weighted by Gasteiger charge is -2.38. The van der Waals surface area contributed by atoms with Crippen LogP contribution in [0.25, 0.3) is 0 Å². The van der Waals surface area contributed by atoms with E-state index in [0.29, 0.717) is 0 Å². The van der Waals surface area contributed by atoms with Gasteiger partial charge in [0.2, 0.25) is 0 Å². The molecule has 0 spiro atoms. The van der Waals surface area contributed by atoms with Crippen LogP contribution in [0.4, 0.5) is 0 Å². The van der Waals surface area contributed by atoms with Crippen LogP contribution < -0.4 is 11.5 Å². The minimum absolute atomic E-state index is 0. The standard InChI is InChI=1S/C12H34N2O2Si3.C8H24O2Si3.CH4/c1-17(2,11-7-9-13)15-19(5,6)16-18(3,4)12-8-10-14;1-11(2,3)9-13(7,8)10-12(4,5)6;/h7-14H2,1-6H3;1-8H3;1H4. The zero-order chi connectivity index (χ0) is 26.1. The fraction of sp³-hybridized carbons (Fsp3) is 1.00. The summed E-state index contributed by atoms with van der Waals surface area (Å²) in [6, 6.07) is 2.24. The minimum atomic E-state index is -2.03. The van der Waals surface area contributed by atoms with E-state index in [2.05, 4.69) is 91.7 Å². The van der Waals surface area contributed by atoms with E-state index in [4.69, 9.17) is 27.9 Å². The van der Waals surface area contributed by atoms with Crippen LogP contribution in [-0.2, 0) is 16.5 Å². The monoisotopic (exact) mass is 574 g/mol. The maximum absolute atomic E-state index is 6.45. The van der Waals surface area contributed by atoms with Crippen LogP contribution in [0, 0.1) is 0 Å². The summed E-state index contributed by atoms with van der Waals surface area (Å²) in [6.07, 6.45) is 2.11. The zero-order valence-electron chi connectivity index (χ0n) is 24.0. The number of nitrogens with two attached hydrogens (primary N) is 2. The largest absolute Gasteiger partial charge is 0.437 e. The highest BCUT2D eigenvalue weighted by Gasteiger charge is 2.39. The summed E-state index contributed by atoms with van der Waals surface area (Å²) in [4.78, 5) is 0. The molecule has 33 heavy (non-hydrogen) atoms. The van der Waals surface area contributed by atoms with Gasteiger partial charge in [0.05, 0.1) is 0 Å². The molecule has 12 heteroatoms. The van der Waals surface area contributed by atoms with E-state index in [9.17, 15) is 0 Å². The van der Waals surface area contributed by atoms with Crippen molar-refractivity contribution < 1.29 is 16.5 Å². The van der Waals surface area contributed by atoms with Crippen molar-refractivity contribution in [3.63, 3.8) is 0 Å². The fourth-order valence-electron chi connectivity index (χ4n) is 4.00. The van der Waals surface area contributed by atoms with Crippen LogP contribution in [0.2, 0.25) is 104 Å². The van der Waals surface area contributed by atoms with Gasteiger partial charge in [-0.3, -0.25) is 0 Å². The normalized spacial score (nSPS) is 13.8. The highest BCUT2D eigenvalue weighted by Crippen LogP contribution is 2.25. The molecule has 0 fully saturated rings. The lowest BCUT2D eigenvalue weighted by molar-refractivity contribution is 0.386. The molecule has 0 aliphatic carbocycles. The second-order valence-corrected chi connectivity index (χ2v) is 38.1. The molecule has 6 nitrogen and oxygen atoms in total. The van der Waals surface area contributed by atoms with Gasteiger partial charge in [-0.15, -0.1) is 0 Å². The average Bonchev–Trinajstić information content (AvgIpc) is 2.44. The molecule has 0 saturated heterocycles. The molecule has 4 N–H and O–H groups in total. The molecule has 0 aliphatic rings. The third kappa shape index (κ3) is 25.9. The van der Waals surface area contributed by atoms with Gasteiger partial charge in [-0.05, 0) is 130 Å². The first-order valence-electron chi connectivity index (χ1n) is 12.2. The van der Waals surface area contributed by atoms with Crippen LogP contribution in [0.1, 0.15) is 20.3 Å². The topological polar surface area (TPSA) is 89.0 Å². The highest BCUT2D eigenvalue weighted by molar-refractivity contribution is 6.88. The first-order valence-corrected chi connectivity index (χ1v) is 30.8. The summed E-state index contributed by atoms with van der Waals surface area (Å²) in [5.74, 6) is 0. The Balaban J connectivity index is -0.000000566. The SMILES string of the molecule is C.C[Si](C)(C)O[Si](C)(C)O[Si](C)(C)C.C[Si](C)(CCCN)O[Si](C)(C)O[Si](C)(C)CCCN. The van der Waals surface area contributed by atoms with Gasteiger partial charge in [0, 0.05) is 0 Å². The predicted octanol–water partition coefficient (Wildman–Crippen LogP) is 6.86. The lowest BCUT2D eigenvalue weighted by atomic mass is 10.5. The minimum Gasteiger partial charge on any atom is -0.437 e. The number of rotatable bonds is 14. The second-order valence-electron chi connectivity index (χ2n) is 12.7. The van der Waals surface area contributed by atoms with Crippen LogP contribution >= 0.6 is 0 Å². The maximum atomic E-state index is 6.45. The summed E-state index contributed by atoms with van der Waals surface area (Å²) < 4.78 is 25.1. The van der Waals surface area contributed by atoms with E-state index in [1.807, 2.05) is 0 Å². The average molecular weight is 575 g/mol. The molecule has 204 valence electrons. The molecule has 0 atom stereocenters. The predicted molar refractivity (Wildman–Crippen MR) is 165 cm³/mol.